The number of amides is 1. The van der Waals surface area contributed by atoms with Gasteiger partial charge in [-0.05, 0) is 78.1 Å². The number of hydrogen-bond donors (Lipinski definition) is 0. The summed E-state index contributed by atoms with van der Waals surface area (Å²) < 4.78 is 114. The van der Waals surface area contributed by atoms with E-state index in [2.05, 4.69) is 0 Å². The minimum Gasteiger partial charge on any atom is -0.368 e. The molecule has 0 saturated carbocycles. The van der Waals surface area contributed by atoms with Crippen LogP contribution in [0.1, 0.15) is 53.2 Å². The zero-order valence-corrected chi connectivity index (χ0v) is 21.4. The van der Waals surface area contributed by atoms with Crippen LogP contribution in [0.5, 0.6) is 0 Å². The number of halogens is 8. The van der Waals surface area contributed by atoms with Crippen molar-refractivity contribution in [3.8, 4) is 0 Å². The standard InChI is InChI=1S/C30H23F8NO2/c1-16(19-10-21(29(33,34)35)14-22(11-19)30(36,37)38)41-26-15-39-25(28(26)18-4-8-24(32)9-5-18)12-20(13-27(39)40)17-2-6-23(31)7-3-17/h2-11,13-14,16,25-26,28H,12,15H2,1H3/t16-,25+,26+,28+/m1/s1. The molecule has 0 bridgehead atoms. The molecule has 0 N–H and O–H groups in total. The van der Waals surface area contributed by atoms with Gasteiger partial charge < -0.3 is 9.64 Å². The third-order valence-corrected chi connectivity index (χ3v) is 7.53. The molecule has 4 atom stereocenters. The van der Waals surface area contributed by atoms with E-state index >= 15 is 0 Å². The first-order chi connectivity index (χ1) is 19.2. The predicted molar refractivity (Wildman–Crippen MR) is 133 cm³/mol. The van der Waals surface area contributed by atoms with E-state index in [1.165, 1.54) is 66.4 Å². The molecular weight excluding hydrogens is 558 g/mol. The molecule has 0 aromatic heterocycles. The average molecular weight is 582 g/mol. The SMILES string of the molecule is C[C@@H](O[C@H]1CN2C(=O)C=C(c3ccc(F)cc3)C[C@H]2[C@@H]1c1ccc(F)cc1)c1cc(C(F)(F)F)cc(C(F)(F)F)c1. The topological polar surface area (TPSA) is 29.5 Å². The smallest absolute Gasteiger partial charge is 0.368 e. The molecule has 3 aromatic rings. The van der Waals surface area contributed by atoms with Gasteiger partial charge in [0.15, 0.2) is 0 Å². The molecule has 0 unspecified atom stereocenters. The van der Waals surface area contributed by atoms with E-state index in [0.717, 1.165) is 0 Å². The van der Waals surface area contributed by atoms with Crippen LogP contribution in [-0.4, -0.2) is 29.5 Å². The Morgan fingerprint density at radius 1 is 0.829 bits per heavy atom. The minimum atomic E-state index is -5.02. The van der Waals surface area contributed by atoms with Gasteiger partial charge in [0.2, 0.25) is 5.91 Å². The quantitative estimate of drug-likeness (QED) is 0.287. The van der Waals surface area contributed by atoms with Gasteiger partial charge >= 0.3 is 12.4 Å². The maximum absolute atomic E-state index is 13.8. The molecule has 0 aliphatic carbocycles. The third-order valence-electron chi connectivity index (χ3n) is 7.53. The van der Waals surface area contributed by atoms with Gasteiger partial charge in [-0.3, -0.25) is 4.79 Å². The number of hydrogen-bond acceptors (Lipinski definition) is 2. The van der Waals surface area contributed by atoms with Crippen LogP contribution in [-0.2, 0) is 21.9 Å². The van der Waals surface area contributed by atoms with Crippen molar-refractivity contribution < 1.29 is 44.7 Å². The molecule has 5 rings (SSSR count). The Morgan fingerprint density at radius 2 is 1.37 bits per heavy atom. The van der Waals surface area contributed by atoms with E-state index in [1.807, 2.05) is 0 Å². The molecule has 3 nitrogen and oxygen atoms in total. The summed E-state index contributed by atoms with van der Waals surface area (Å²) in [6.07, 6.45) is -10.4. The largest absolute Gasteiger partial charge is 0.416 e. The lowest BCUT2D eigenvalue weighted by Crippen LogP contribution is -2.39. The predicted octanol–water partition coefficient (Wildman–Crippen LogP) is 7.93. The molecule has 3 aromatic carbocycles. The highest BCUT2D eigenvalue weighted by molar-refractivity contribution is 5.97. The fourth-order valence-electron chi connectivity index (χ4n) is 5.56. The lowest BCUT2D eigenvalue weighted by Gasteiger charge is -2.33. The molecule has 2 aliphatic rings. The molecule has 41 heavy (non-hydrogen) atoms. The Hall–Kier alpha value is -3.73. The fraction of sp³-hybridized carbons (Fsp3) is 0.300. The summed E-state index contributed by atoms with van der Waals surface area (Å²) in [5, 5.41) is 0. The van der Waals surface area contributed by atoms with Crippen LogP contribution in [0.2, 0.25) is 0 Å². The number of rotatable bonds is 5. The summed E-state index contributed by atoms with van der Waals surface area (Å²) in [6, 6.07) is 11.8. The second-order valence-electron chi connectivity index (χ2n) is 10.2. The highest BCUT2D eigenvalue weighted by Gasteiger charge is 2.48. The van der Waals surface area contributed by atoms with Crippen molar-refractivity contribution in [1.29, 1.82) is 0 Å². The Bertz CT molecular complexity index is 1430. The number of nitrogens with zero attached hydrogens (tertiary/aromatic N) is 1. The number of benzene rings is 3. The molecule has 1 fully saturated rings. The van der Waals surface area contributed by atoms with Crippen LogP contribution in [0.4, 0.5) is 35.1 Å². The molecule has 1 saturated heterocycles. The number of carbonyl (C=O) groups is 1. The fourth-order valence-corrected chi connectivity index (χ4v) is 5.56. The number of ether oxygens (including phenoxy) is 1. The van der Waals surface area contributed by atoms with Crippen molar-refractivity contribution in [2.75, 3.05) is 6.54 Å². The Kier molecular flexibility index (Phi) is 7.44. The summed E-state index contributed by atoms with van der Waals surface area (Å²) in [5.74, 6) is -1.91. The van der Waals surface area contributed by atoms with Crippen molar-refractivity contribution in [1.82, 2.24) is 4.90 Å². The molecular formula is C30H23F8NO2. The number of carbonyl (C=O) groups excluding carboxylic acids is 1. The van der Waals surface area contributed by atoms with Crippen LogP contribution in [0.3, 0.4) is 0 Å². The second-order valence-corrected chi connectivity index (χ2v) is 10.2. The van der Waals surface area contributed by atoms with Crippen molar-refractivity contribution in [2.45, 2.75) is 49.9 Å². The Labute approximate surface area is 230 Å². The van der Waals surface area contributed by atoms with Gasteiger partial charge in [-0.2, -0.15) is 26.3 Å². The van der Waals surface area contributed by atoms with E-state index < -0.39 is 59.3 Å². The Morgan fingerprint density at radius 3 is 1.90 bits per heavy atom. The first kappa shape index (κ1) is 28.8. The van der Waals surface area contributed by atoms with Gasteiger partial charge in [-0.1, -0.05) is 24.3 Å². The van der Waals surface area contributed by atoms with E-state index in [9.17, 15) is 39.9 Å². The maximum atomic E-state index is 13.8. The molecule has 1 amide bonds. The van der Waals surface area contributed by atoms with Crippen molar-refractivity contribution in [2.24, 2.45) is 0 Å². The second kappa shape index (κ2) is 10.6. The van der Waals surface area contributed by atoms with Crippen LogP contribution < -0.4 is 0 Å². The molecule has 216 valence electrons. The van der Waals surface area contributed by atoms with Crippen molar-refractivity contribution in [3.63, 3.8) is 0 Å². The highest BCUT2D eigenvalue weighted by Crippen LogP contribution is 2.45. The minimum absolute atomic E-state index is 0.00811. The van der Waals surface area contributed by atoms with Gasteiger partial charge in [0.25, 0.3) is 0 Å². The van der Waals surface area contributed by atoms with E-state index in [4.69, 9.17) is 4.74 Å². The van der Waals surface area contributed by atoms with E-state index in [0.29, 0.717) is 35.3 Å². The molecule has 0 spiro atoms. The first-order valence-corrected chi connectivity index (χ1v) is 12.7. The van der Waals surface area contributed by atoms with E-state index in [1.54, 1.807) is 0 Å². The van der Waals surface area contributed by atoms with Crippen molar-refractivity contribution in [3.05, 3.63) is 112 Å². The van der Waals surface area contributed by atoms with Crippen LogP contribution in [0, 0.1) is 11.6 Å². The number of fused-ring (bicyclic) bond motifs is 1. The summed E-state index contributed by atoms with van der Waals surface area (Å²) in [7, 11) is 0. The van der Waals surface area contributed by atoms with Crippen molar-refractivity contribution >= 4 is 11.5 Å². The maximum Gasteiger partial charge on any atom is 0.416 e. The summed E-state index contributed by atoms with van der Waals surface area (Å²) in [6.45, 7) is 1.35. The van der Waals surface area contributed by atoms with Crippen LogP contribution in [0.15, 0.2) is 72.8 Å². The Balaban J connectivity index is 1.49. The van der Waals surface area contributed by atoms with E-state index in [-0.39, 0.29) is 24.1 Å². The van der Waals surface area contributed by atoms with Gasteiger partial charge in [0, 0.05) is 24.6 Å². The molecule has 2 aliphatic heterocycles. The molecule has 11 heteroatoms. The van der Waals surface area contributed by atoms with Gasteiger partial charge in [-0.25, -0.2) is 8.78 Å². The monoisotopic (exact) mass is 581 g/mol. The lowest BCUT2D eigenvalue weighted by atomic mass is 9.83. The van der Waals surface area contributed by atoms with Gasteiger partial charge in [0.05, 0.1) is 23.3 Å². The zero-order valence-electron chi connectivity index (χ0n) is 21.4. The van der Waals surface area contributed by atoms with Gasteiger partial charge in [-0.15, -0.1) is 0 Å². The van der Waals surface area contributed by atoms with Crippen LogP contribution in [0.25, 0.3) is 5.57 Å². The number of alkyl halides is 6. The molecule has 2 heterocycles. The third kappa shape index (κ3) is 6.00. The summed E-state index contributed by atoms with van der Waals surface area (Å²) in [4.78, 5) is 14.7. The van der Waals surface area contributed by atoms with Crippen LogP contribution >= 0.6 is 0 Å². The molecule has 0 radical (unpaired) electrons. The first-order valence-electron chi connectivity index (χ1n) is 12.7. The average Bonchev–Trinajstić information content (AvgIpc) is 3.26. The summed E-state index contributed by atoms with van der Waals surface area (Å²) >= 11 is 0. The summed E-state index contributed by atoms with van der Waals surface area (Å²) in [5.41, 5.74) is -1.40. The lowest BCUT2D eigenvalue weighted by molar-refractivity contribution is -0.143. The highest BCUT2D eigenvalue weighted by atomic mass is 19.4. The van der Waals surface area contributed by atoms with Gasteiger partial charge in [0.1, 0.15) is 11.6 Å². The zero-order chi connectivity index (χ0) is 29.7. The normalized spacial score (nSPS) is 22.0.